The van der Waals surface area contributed by atoms with Crippen LogP contribution in [0.5, 0.6) is 0 Å². The molecule has 1 aromatic heterocycles. The Morgan fingerprint density at radius 3 is 2.08 bits per heavy atom. The molecule has 0 fully saturated rings. The van der Waals surface area contributed by atoms with E-state index in [2.05, 4.69) is 89.8 Å². The molecule has 1 heterocycles. The van der Waals surface area contributed by atoms with E-state index in [1.54, 1.807) is 12.4 Å². The third-order valence-electron chi connectivity index (χ3n) is 8.03. The van der Waals surface area contributed by atoms with Gasteiger partial charge < -0.3 is 10.2 Å². The van der Waals surface area contributed by atoms with Crippen LogP contribution in [-0.2, 0) is 23.1 Å². The van der Waals surface area contributed by atoms with Crippen molar-refractivity contribution in [1.82, 2.24) is 4.98 Å². The number of hydrogen-bond acceptors (Lipinski definition) is 3. The average Bonchev–Trinajstić information content (AvgIpc) is 2.83. The van der Waals surface area contributed by atoms with E-state index in [0.717, 1.165) is 42.4 Å². The fourth-order valence-corrected chi connectivity index (χ4v) is 5.42. The molecule has 0 bridgehead atoms. The Balaban J connectivity index is 1.94. The summed E-state index contributed by atoms with van der Waals surface area (Å²) < 4.78 is 0. The number of aliphatic hydroxyl groups excluding tert-OH is 1. The van der Waals surface area contributed by atoms with Crippen molar-refractivity contribution in [1.29, 1.82) is 0 Å². The summed E-state index contributed by atoms with van der Waals surface area (Å²) in [6.45, 7) is 15.1. The minimum atomic E-state index is -0.853. The SMILES string of the molecule is CCC(CC)(c1ccc(CCC(O)C(C)(C)C)c(C)c1)c1ccc(-c2cncc(CC(=O)O)c2)c(C)c1. The van der Waals surface area contributed by atoms with Crippen LogP contribution < -0.4 is 0 Å². The minimum absolute atomic E-state index is 0.0305. The van der Waals surface area contributed by atoms with Gasteiger partial charge in [0.15, 0.2) is 0 Å². The number of aryl methyl sites for hydroxylation is 3. The highest BCUT2D eigenvalue weighted by atomic mass is 16.4. The van der Waals surface area contributed by atoms with E-state index in [-0.39, 0.29) is 23.4 Å². The normalized spacial score (nSPS) is 13.0. The van der Waals surface area contributed by atoms with Crippen molar-refractivity contribution in [3.63, 3.8) is 0 Å². The Hall–Kier alpha value is -2.98. The van der Waals surface area contributed by atoms with Gasteiger partial charge in [-0.05, 0) is 90.0 Å². The molecule has 2 aromatic carbocycles. The van der Waals surface area contributed by atoms with Gasteiger partial charge in [0.1, 0.15) is 0 Å². The third kappa shape index (κ3) is 6.48. The maximum Gasteiger partial charge on any atom is 0.307 e. The van der Waals surface area contributed by atoms with E-state index in [0.29, 0.717) is 5.56 Å². The van der Waals surface area contributed by atoms with E-state index in [4.69, 9.17) is 5.11 Å². The summed E-state index contributed by atoms with van der Waals surface area (Å²) in [5.74, 6) is -0.853. The van der Waals surface area contributed by atoms with Crippen LogP contribution in [0.15, 0.2) is 54.9 Å². The zero-order valence-electron chi connectivity index (χ0n) is 23.6. The summed E-state index contributed by atoms with van der Waals surface area (Å²) in [6, 6.07) is 15.5. The number of nitrogens with zero attached hydrogens (tertiary/aromatic N) is 1. The lowest BCUT2D eigenvalue weighted by Crippen LogP contribution is -2.27. The largest absolute Gasteiger partial charge is 0.481 e. The molecule has 3 aromatic rings. The van der Waals surface area contributed by atoms with Crippen LogP contribution in [0.3, 0.4) is 0 Å². The number of carboxylic acid groups (broad SMARTS) is 1. The van der Waals surface area contributed by atoms with Crippen LogP contribution in [0.1, 0.15) is 87.3 Å². The molecule has 37 heavy (non-hydrogen) atoms. The van der Waals surface area contributed by atoms with Gasteiger partial charge in [-0.25, -0.2) is 0 Å². The van der Waals surface area contributed by atoms with Crippen LogP contribution in [0.25, 0.3) is 11.1 Å². The molecule has 0 saturated carbocycles. The standard InChI is InChI=1S/C33H43NO3/c1-8-33(9-2,27-12-10-25(22(3)16-27)11-15-30(35)32(5,6)7)28-13-14-29(23(4)17-28)26-18-24(19-31(36)37)20-34-21-26/h10,12-14,16-18,20-21,30,35H,8-9,11,15,19H2,1-7H3,(H,36,37). The van der Waals surface area contributed by atoms with Crippen molar-refractivity contribution in [2.75, 3.05) is 0 Å². The van der Waals surface area contributed by atoms with Gasteiger partial charge >= 0.3 is 5.97 Å². The number of aliphatic carboxylic acids is 1. The first kappa shape index (κ1) is 28.6. The molecule has 0 radical (unpaired) electrons. The van der Waals surface area contributed by atoms with Crippen molar-refractivity contribution in [2.24, 2.45) is 5.41 Å². The lowest BCUT2D eigenvalue weighted by molar-refractivity contribution is -0.136. The number of carbonyl (C=O) groups is 1. The summed E-state index contributed by atoms with van der Waals surface area (Å²) in [5, 5.41) is 19.7. The van der Waals surface area contributed by atoms with Crippen molar-refractivity contribution in [2.45, 2.75) is 92.1 Å². The second-order valence-corrected chi connectivity index (χ2v) is 11.5. The Morgan fingerprint density at radius 1 is 0.919 bits per heavy atom. The predicted molar refractivity (Wildman–Crippen MR) is 152 cm³/mol. The Bertz CT molecular complexity index is 1230. The number of rotatable bonds is 10. The van der Waals surface area contributed by atoms with Gasteiger partial charge in [0.25, 0.3) is 0 Å². The van der Waals surface area contributed by atoms with Crippen LogP contribution in [0, 0.1) is 19.3 Å². The Kier molecular flexibility index (Phi) is 8.96. The number of aliphatic hydroxyl groups is 1. The number of carboxylic acids is 1. The highest BCUT2D eigenvalue weighted by Gasteiger charge is 2.31. The van der Waals surface area contributed by atoms with Crippen molar-refractivity contribution in [3.8, 4) is 11.1 Å². The molecule has 0 amide bonds. The topological polar surface area (TPSA) is 70.4 Å². The number of hydrogen-bond donors (Lipinski definition) is 2. The van der Waals surface area contributed by atoms with Gasteiger partial charge in [-0.2, -0.15) is 0 Å². The molecule has 4 heteroatoms. The molecule has 0 aliphatic carbocycles. The molecule has 2 N–H and O–H groups in total. The maximum absolute atomic E-state index is 11.2. The molecule has 0 spiro atoms. The van der Waals surface area contributed by atoms with Crippen LogP contribution in [0.4, 0.5) is 0 Å². The maximum atomic E-state index is 11.2. The second-order valence-electron chi connectivity index (χ2n) is 11.5. The zero-order chi connectivity index (χ0) is 27.4. The first-order chi connectivity index (χ1) is 17.4. The molecule has 0 aliphatic heterocycles. The van der Waals surface area contributed by atoms with Gasteiger partial charge in [0.05, 0.1) is 12.5 Å². The molecular weight excluding hydrogens is 458 g/mol. The van der Waals surface area contributed by atoms with E-state index >= 15 is 0 Å². The van der Waals surface area contributed by atoms with Gasteiger partial charge in [-0.3, -0.25) is 9.78 Å². The van der Waals surface area contributed by atoms with E-state index in [1.807, 2.05) is 6.07 Å². The second kappa shape index (κ2) is 11.6. The van der Waals surface area contributed by atoms with Crippen molar-refractivity contribution >= 4 is 5.97 Å². The quantitative estimate of drug-likeness (QED) is 0.303. The predicted octanol–water partition coefficient (Wildman–Crippen LogP) is 7.44. The molecule has 1 atom stereocenters. The van der Waals surface area contributed by atoms with Crippen LogP contribution in [0.2, 0.25) is 0 Å². The molecule has 1 unspecified atom stereocenters. The third-order valence-corrected chi connectivity index (χ3v) is 8.03. The Morgan fingerprint density at radius 2 is 1.54 bits per heavy atom. The highest BCUT2D eigenvalue weighted by Crippen LogP contribution is 2.41. The summed E-state index contributed by atoms with van der Waals surface area (Å²) in [7, 11) is 0. The number of benzene rings is 2. The molecule has 0 saturated heterocycles. The average molecular weight is 502 g/mol. The minimum Gasteiger partial charge on any atom is -0.481 e. The lowest BCUT2D eigenvalue weighted by Gasteiger charge is -2.34. The first-order valence-corrected chi connectivity index (χ1v) is 13.5. The molecule has 3 rings (SSSR count). The van der Waals surface area contributed by atoms with Crippen LogP contribution in [-0.4, -0.2) is 27.3 Å². The number of aromatic nitrogens is 1. The molecular formula is C33H43NO3. The smallest absolute Gasteiger partial charge is 0.307 e. The van der Waals surface area contributed by atoms with Crippen LogP contribution >= 0.6 is 0 Å². The zero-order valence-corrected chi connectivity index (χ0v) is 23.6. The van der Waals surface area contributed by atoms with E-state index in [9.17, 15) is 9.90 Å². The van der Waals surface area contributed by atoms with E-state index < -0.39 is 5.97 Å². The molecule has 198 valence electrons. The summed E-state index contributed by atoms with van der Waals surface area (Å²) >= 11 is 0. The fraction of sp³-hybridized carbons (Fsp3) is 0.455. The van der Waals surface area contributed by atoms with Gasteiger partial charge in [0, 0.05) is 23.4 Å². The fourth-order valence-electron chi connectivity index (χ4n) is 5.42. The van der Waals surface area contributed by atoms with Crippen molar-refractivity contribution < 1.29 is 15.0 Å². The first-order valence-electron chi connectivity index (χ1n) is 13.5. The van der Waals surface area contributed by atoms with Crippen molar-refractivity contribution in [3.05, 3.63) is 88.2 Å². The van der Waals surface area contributed by atoms with Gasteiger partial charge in [-0.15, -0.1) is 0 Å². The summed E-state index contributed by atoms with van der Waals surface area (Å²) in [6.07, 6.45) is 6.68. The van der Waals surface area contributed by atoms with Gasteiger partial charge in [-0.1, -0.05) is 71.0 Å². The lowest BCUT2D eigenvalue weighted by atomic mass is 9.69. The highest BCUT2D eigenvalue weighted by molar-refractivity contribution is 5.72. The molecule has 4 nitrogen and oxygen atoms in total. The Labute approximate surface area is 222 Å². The van der Waals surface area contributed by atoms with Gasteiger partial charge in [0.2, 0.25) is 0 Å². The monoisotopic (exact) mass is 501 g/mol. The summed E-state index contributed by atoms with van der Waals surface area (Å²) in [5.41, 5.74) is 8.88. The molecule has 0 aliphatic rings. The summed E-state index contributed by atoms with van der Waals surface area (Å²) in [4.78, 5) is 15.4. The number of pyridine rings is 1. The van der Waals surface area contributed by atoms with E-state index in [1.165, 1.54) is 22.3 Å².